The molecule has 0 bridgehead atoms. The van der Waals surface area contributed by atoms with E-state index in [1.54, 1.807) is 11.3 Å². The maximum absolute atomic E-state index is 3.94. The van der Waals surface area contributed by atoms with E-state index in [1.165, 1.54) is 4.88 Å². The fourth-order valence-corrected chi connectivity index (χ4v) is 1.66. The molecule has 0 spiro atoms. The Bertz CT molecular complexity index is 226. The van der Waals surface area contributed by atoms with Gasteiger partial charge in [-0.05, 0) is 17.9 Å². The van der Waals surface area contributed by atoms with Crippen molar-refractivity contribution in [3.63, 3.8) is 0 Å². The Balaban J connectivity index is 2.22. The van der Waals surface area contributed by atoms with E-state index < -0.39 is 0 Å². The number of nitrogens with one attached hydrogen (secondary N) is 1. The summed E-state index contributed by atoms with van der Waals surface area (Å²) in [5.41, 5.74) is 1.14. The smallest absolute Gasteiger partial charge is 0.0490 e. The van der Waals surface area contributed by atoms with Gasteiger partial charge in [-0.3, -0.25) is 0 Å². The van der Waals surface area contributed by atoms with Crippen molar-refractivity contribution in [3.8, 4) is 0 Å². The van der Waals surface area contributed by atoms with Gasteiger partial charge in [0.05, 0.1) is 0 Å². The van der Waals surface area contributed by atoms with Gasteiger partial charge in [-0.2, -0.15) is 0 Å². The van der Waals surface area contributed by atoms with Crippen LogP contribution in [0.15, 0.2) is 29.8 Å². The molecule has 0 unspecified atom stereocenters. The Morgan fingerprint density at radius 3 is 3.08 bits per heavy atom. The molecular weight excluding hydrogens is 166 g/mol. The molecule has 0 aliphatic carbocycles. The van der Waals surface area contributed by atoms with Crippen LogP contribution >= 0.6 is 11.3 Å². The first kappa shape index (κ1) is 9.33. The summed E-state index contributed by atoms with van der Waals surface area (Å²) in [6, 6.07) is 4.21. The standard InChI is InChI=1S/C10H15NS/c1-3-5-9(2)11-8-10-6-4-7-12-10/h4,6-7,11H,2-3,5,8H2,1H3. The SMILES string of the molecule is C=C(CCC)NCc1cccs1. The molecule has 0 aliphatic heterocycles. The Hall–Kier alpha value is -0.760. The van der Waals surface area contributed by atoms with Crippen molar-refractivity contribution in [1.82, 2.24) is 5.32 Å². The van der Waals surface area contributed by atoms with Gasteiger partial charge in [0, 0.05) is 17.1 Å². The summed E-state index contributed by atoms with van der Waals surface area (Å²) in [5.74, 6) is 0. The topological polar surface area (TPSA) is 12.0 Å². The van der Waals surface area contributed by atoms with Gasteiger partial charge in [0.1, 0.15) is 0 Å². The summed E-state index contributed by atoms with van der Waals surface area (Å²) in [6.07, 6.45) is 2.24. The van der Waals surface area contributed by atoms with E-state index in [1.807, 2.05) is 0 Å². The third-order valence-electron chi connectivity index (χ3n) is 1.64. The van der Waals surface area contributed by atoms with Crippen LogP contribution < -0.4 is 5.32 Å². The van der Waals surface area contributed by atoms with Gasteiger partial charge in [-0.15, -0.1) is 11.3 Å². The summed E-state index contributed by atoms with van der Waals surface area (Å²) in [5, 5.41) is 5.40. The average molecular weight is 181 g/mol. The zero-order valence-corrected chi connectivity index (χ0v) is 8.29. The quantitative estimate of drug-likeness (QED) is 0.735. The van der Waals surface area contributed by atoms with E-state index in [-0.39, 0.29) is 0 Å². The molecule has 0 fully saturated rings. The van der Waals surface area contributed by atoms with E-state index in [2.05, 4.69) is 36.3 Å². The van der Waals surface area contributed by atoms with Crippen molar-refractivity contribution in [2.45, 2.75) is 26.3 Å². The monoisotopic (exact) mass is 181 g/mol. The van der Waals surface area contributed by atoms with Crippen LogP contribution in [0.4, 0.5) is 0 Å². The van der Waals surface area contributed by atoms with Crippen molar-refractivity contribution in [2.24, 2.45) is 0 Å². The Morgan fingerprint density at radius 1 is 1.67 bits per heavy atom. The third-order valence-corrected chi connectivity index (χ3v) is 2.52. The van der Waals surface area contributed by atoms with Crippen LogP contribution in [0, 0.1) is 0 Å². The van der Waals surface area contributed by atoms with Crippen molar-refractivity contribution < 1.29 is 0 Å². The van der Waals surface area contributed by atoms with Crippen LogP contribution in [-0.4, -0.2) is 0 Å². The lowest BCUT2D eigenvalue weighted by Crippen LogP contribution is -2.10. The highest BCUT2D eigenvalue weighted by molar-refractivity contribution is 7.09. The maximum Gasteiger partial charge on any atom is 0.0490 e. The molecule has 0 saturated carbocycles. The first-order valence-electron chi connectivity index (χ1n) is 4.27. The van der Waals surface area contributed by atoms with Gasteiger partial charge in [0.15, 0.2) is 0 Å². The fourth-order valence-electron chi connectivity index (χ4n) is 1.02. The fraction of sp³-hybridized carbons (Fsp3) is 0.400. The largest absolute Gasteiger partial charge is 0.384 e. The molecule has 0 saturated heterocycles. The van der Waals surface area contributed by atoms with E-state index >= 15 is 0 Å². The lowest BCUT2D eigenvalue weighted by molar-refractivity contribution is 0.747. The first-order valence-corrected chi connectivity index (χ1v) is 5.15. The number of allylic oxidation sites excluding steroid dienone is 1. The van der Waals surface area contributed by atoms with Crippen LogP contribution in [0.5, 0.6) is 0 Å². The number of rotatable bonds is 5. The van der Waals surface area contributed by atoms with Crippen molar-refractivity contribution in [3.05, 3.63) is 34.7 Å². The van der Waals surface area contributed by atoms with Gasteiger partial charge in [-0.1, -0.05) is 26.0 Å². The molecule has 1 aromatic heterocycles. The van der Waals surface area contributed by atoms with E-state index in [9.17, 15) is 0 Å². The highest BCUT2D eigenvalue weighted by atomic mass is 32.1. The predicted molar refractivity (Wildman–Crippen MR) is 55.2 cm³/mol. The summed E-state index contributed by atoms with van der Waals surface area (Å²) in [7, 11) is 0. The minimum Gasteiger partial charge on any atom is -0.384 e. The van der Waals surface area contributed by atoms with Crippen molar-refractivity contribution in [1.29, 1.82) is 0 Å². The number of thiophene rings is 1. The van der Waals surface area contributed by atoms with Gasteiger partial charge in [0.25, 0.3) is 0 Å². The van der Waals surface area contributed by atoms with Crippen LogP contribution in [0.25, 0.3) is 0 Å². The molecule has 66 valence electrons. The highest BCUT2D eigenvalue weighted by Gasteiger charge is 1.93. The summed E-state index contributed by atoms with van der Waals surface area (Å²) in [6.45, 7) is 7.03. The minimum absolute atomic E-state index is 0.927. The lowest BCUT2D eigenvalue weighted by Gasteiger charge is -2.06. The highest BCUT2D eigenvalue weighted by Crippen LogP contribution is 2.08. The summed E-state index contributed by atoms with van der Waals surface area (Å²) in [4.78, 5) is 1.37. The molecule has 12 heavy (non-hydrogen) atoms. The Labute approximate surface area is 78.1 Å². The summed E-state index contributed by atoms with van der Waals surface area (Å²) >= 11 is 1.78. The second kappa shape index (κ2) is 4.99. The van der Waals surface area contributed by atoms with Gasteiger partial charge >= 0.3 is 0 Å². The molecule has 1 heterocycles. The maximum atomic E-state index is 3.94. The molecule has 0 amide bonds. The molecule has 1 aromatic rings. The zero-order valence-electron chi connectivity index (χ0n) is 7.47. The molecule has 1 rings (SSSR count). The van der Waals surface area contributed by atoms with Crippen LogP contribution in [0.2, 0.25) is 0 Å². The molecule has 0 aromatic carbocycles. The van der Waals surface area contributed by atoms with E-state index in [0.29, 0.717) is 0 Å². The molecule has 0 atom stereocenters. The normalized spacial score (nSPS) is 9.75. The number of hydrogen-bond donors (Lipinski definition) is 1. The Kier molecular flexibility index (Phi) is 3.88. The van der Waals surface area contributed by atoms with Crippen LogP contribution in [0.1, 0.15) is 24.6 Å². The van der Waals surface area contributed by atoms with E-state index in [0.717, 1.165) is 25.1 Å². The minimum atomic E-state index is 0.927. The van der Waals surface area contributed by atoms with Gasteiger partial charge in [0.2, 0.25) is 0 Å². The molecule has 0 radical (unpaired) electrons. The lowest BCUT2D eigenvalue weighted by atomic mass is 10.3. The van der Waals surface area contributed by atoms with Crippen molar-refractivity contribution in [2.75, 3.05) is 0 Å². The average Bonchev–Trinajstić information content (AvgIpc) is 2.53. The van der Waals surface area contributed by atoms with E-state index in [4.69, 9.17) is 0 Å². The second-order valence-corrected chi connectivity index (χ2v) is 3.82. The molecular formula is C10H15NS. The molecule has 2 heteroatoms. The number of hydrogen-bond acceptors (Lipinski definition) is 2. The van der Waals surface area contributed by atoms with Gasteiger partial charge < -0.3 is 5.32 Å². The van der Waals surface area contributed by atoms with Gasteiger partial charge in [-0.25, -0.2) is 0 Å². The Morgan fingerprint density at radius 2 is 2.50 bits per heavy atom. The van der Waals surface area contributed by atoms with Crippen LogP contribution in [0.3, 0.4) is 0 Å². The predicted octanol–water partition coefficient (Wildman–Crippen LogP) is 3.15. The van der Waals surface area contributed by atoms with Crippen LogP contribution in [-0.2, 0) is 6.54 Å². The summed E-state index contributed by atoms with van der Waals surface area (Å²) < 4.78 is 0. The zero-order chi connectivity index (χ0) is 8.81. The third kappa shape index (κ3) is 3.09. The van der Waals surface area contributed by atoms with Crippen molar-refractivity contribution >= 4 is 11.3 Å². The first-order chi connectivity index (χ1) is 5.83. The molecule has 1 N–H and O–H groups in total. The molecule has 1 nitrogen and oxygen atoms in total. The second-order valence-electron chi connectivity index (χ2n) is 2.79. The molecule has 0 aliphatic rings.